The molecule has 21 heavy (non-hydrogen) atoms. The molecule has 0 radical (unpaired) electrons. The summed E-state index contributed by atoms with van der Waals surface area (Å²) in [5.41, 5.74) is 9.20. The van der Waals surface area contributed by atoms with E-state index in [9.17, 15) is 4.79 Å². The van der Waals surface area contributed by atoms with Crippen LogP contribution in [0, 0.1) is 0 Å². The monoisotopic (exact) mass is 281 g/mol. The number of amides is 1. The molecular weight excluding hydrogens is 266 g/mol. The summed E-state index contributed by atoms with van der Waals surface area (Å²) in [4.78, 5) is 17.7. The third-order valence-corrected chi connectivity index (χ3v) is 3.34. The van der Waals surface area contributed by atoms with Gasteiger partial charge < -0.3 is 10.6 Å². The lowest BCUT2D eigenvalue weighted by molar-refractivity contribution is 0.100. The SMILES string of the molecule is CN(C)c1ccccc1-c1cc(C(N)=O)c2ncnn2c1. The van der Waals surface area contributed by atoms with Gasteiger partial charge in [-0.1, -0.05) is 18.2 Å². The Hall–Kier alpha value is -2.89. The molecule has 0 fully saturated rings. The number of hydrogen-bond donors (Lipinski definition) is 1. The first-order valence-corrected chi connectivity index (χ1v) is 6.48. The Bertz CT molecular complexity index is 822. The van der Waals surface area contributed by atoms with Crippen molar-refractivity contribution in [1.82, 2.24) is 14.6 Å². The van der Waals surface area contributed by atoms with Crippen LogP contribution in [0.25, 0.3) is 16.8 Å². The maximum absolute atomic E-state index is 11.6. The fourth-order valence-electron chi connectivity index (χ4n) is 2.36. The number of carbonyl (C=O) groups excluding carboxylic acids is 1. The molecule has 2 N–H and O–H groups in total. The summed E-state index contributed by atoms with van der Waals surface area (Å²) in [6.07, 6.45) is 3.25. The van der Waals surface area contributed by atoms with Crippen molar-refractivity contribution < 1.29 is 4.79 Å². The molecule has 2 aromatic heterocycles. The van der Waals surface area contributed by atoms with Crippen LogP contribution in [0.4, 0.5) is 5.69 Å². The minimum atomic E-state index is -0.516. The molecule has 6 heteroatoms. The van der Waals surface area contributed by atoms with Gasteiger partial charge >= 0.3 is 0 Å². The second-order valence-corrected chi connectivity index (χ2v) is 4.95. The fraction of sp³-hybridized carbons (Fsp3) is 0.133. The Morgan fingerprint density at radius 2 is 2.05 bits per heavy atom. The molecule has 0 bridgehead atoms. The number of para-hydroxylation sites is 1. The first kappa shape index (κ1) is 13.1. The molecule has 0 aliphatic carbocycles. The fourth-order valence-corrected chi connectivity index (χ4v) is 2.36. The molecule has 106 valence electrons. The number of carbonyl (C=O) groups is 1. The van der Waals surface area contributed by atoms with E-state index in [0.717, 1.165) is 16.8 Å². The molecule has 0 saturated heterocycles. The van der Waals surface area contributed by atoms with Gasteiger partial charge in [0.1, 0.15) is 6.33 Å². The Kier molecular flexibility index (Phi) is 3.06. The summed E-state index contributed by atoms with van der Waals surface area (Å²) in [7, 11) is 3.95. The van der Waals surface area contributed by atoms with Gasteiger partial charge in [0.15, 0.2) is 5.65 Å². The van der Waals surface area contributed by atoms with Crippen LogP contribution in [0.3, 0.4) is 0 Å². The second kappa shape index (κ2) is 4.90. The first-order chi connectivity index (χ1) is 10.1. The van der Waals surface area contributed by atoms with Gasteiger partial charge in [-0.15, -0.1) is 0 Å². The topological polar surface area (TPSA) is 76.5 Å². The number of hydrogen-bond acceptors (Lipinski definition) is 4. The number of fused-ring (bicyclic) bond motifs is 1. The maximum atomic E-state index is 11.6. The zero-order valence-corrected chi connectivity index (χ0v) is 11.8. The minimum absolute atomic E-state index is 0.360. The van der Waals surface area contributed by atoms with Gasteiger partial charge in [0.2, 0.25) is 0 Å². The Labute approximate surface area is 121 Å². The van der Waals surface area contributed by atoms with Gasteiger partial charge in [-0.05, 0) is 12.1 Å². The van der Waals surface area contributed by atoms with Crippen LogP contribution in [-0.4, -0.2) is 34.6 Å². The number of benzene rings is 1. The van der Waals surface area contributed by atoms with Gasteiger partial charge in [-0.25, -0.2) is 9.50 Å². The molecule has 3 aromatic rings. The van der Waals surface area contributed by atoms with Crippen LogP contribution in [-0.2, 0) is 0 Å². The number of pyridine rings is 1. The van der Waals surface area contributed by atoms with Crippen LogP contribution in [0.5, 0.6) is 0 Å². The quantitative estimate of drug-likeness (QED) is 0.790. The van der Waals surface area contributed by atoms with Gasteiger partial charge in [-0.3, -0.25) is 4.79 Å². The van der Waals surface area contributed by atoms with E-state index in [-0.39, 0.29) is 0 Å². The number of nitrogens with two attached hydrogens (primary N) is 1. The normalized spacial score (nSPS) is 10.8. The highest BCUT2D eigenvalue weighted by molar-refractivity contribution is 6.00. The summed E-state index contributed by atoms with van der Waals surface area (Å²) in [5, 5.41) is 4.11. The average molecular weight is 281 g/mol. The van der Waals surface area contributed by atoms with E-state index >= 15 is 0 Å². The van der Waals surface area contributed by atoms with Gasteiger partial charge in [0.25, 0.3) is 5.91 Å². The highest BCUT2D eigenvalue weighted by Crippen LogP contribution is 2.30. The molecule has 0 saturated carbocycles. The standard InChI is InChI=1S/C15H15N5O/c1-19(2)13-6-4-3-5-11(13)10-7-12(14(16)21)15-17-9-18-20(15)8-10/h3-9H,1-2H3,(H2,16,21). The van der Waals surface area contributed by atoms with Crippen molar-refractivity contribution in [3.05, 3.63) is 48.4 Å². The molecule has 0 aliphatic heterocycles. The van der Waals surface area contributed by atoms with Crippen LogP contribution < -0.4 is 10.6 Å². The molecule has 0 spiro atoms. The maximum Gasteiger partial charge on any atom is 0.252 e. The number of rotatable bonds is 3. The molecule has 6 nitrogen and oxygen atoms in total. The van der Waals surface area contributed by atoms with E-state index in [1.165, 1.54) is 6.33 Å². The Morgan fingerprint density at radius 3 is 2.76 bits per heavy atom. The Morgan fingerprint density at radius 1 is 1.29 bits per heavy atom. The van der Waals surface area contributed by atoms with Crippen LogP contribution in [0.2, 0.25) is 0 Å². The summed E-state index contributed by atoms with van der Waals surface area (Å²) >= 11 is 0. The summed E-state index contributed by atoms with van der Waals surface area (Å²) < 4.78 is 1.57. The molecule has 1 aromatic carbocycles. The number of primary amides is 1. The lowest BCUT2D eigenvalue weighted by Crippen LogP contribution is -2.14. The Balaban J connectivity index is 2.28. The number of nitrogens with zero attached hydrogens (tertiary/aromatic N) is 4. The third-order valence-electron chi connectivity index (χ3n) is 3.34. The van der Waals surface area contributed by atoms with Crippen molar-refractivity contribution in [3.63, 3.8) is 0 Å². The van der Waals surface area contributed by atoms with E-state index in [1.807, 2.05) is 49.5 Å². The average Bonchev–Trinajstić information content (AvgIpc) is 2.94. The van der Waals surface area contributed by atoms with Crippen LogP contribution in [0.15, 0.2) is 42.9 Å². The predicted molar refractivity (Wildman–Crippen MR) is 81.3 cm³/mol. The minimum Gasteiger partial charge on any atom is -0.377 e. The zero-order valence-electron chi connectivity index (χ0n) is 11.8. The van der Waals surface area contributed by atoms with E-state index in [2.05, 4.69) is 10.1 Å². The van der Waals surface area contributed by atoms with E-state index in [4.69, 9.17) is 5.73 Å². The van der Waals surface area contributed by atoms with E-state index < -0.39 is 5.91 Å². The smallest absolute Gasteiger partial charge is 0.252 e. The summed E-state index contributed by atoms with van der Waals surface area (Å²) in [6, 6.07) is 9.71. The second-order valence-electron chi connectivity index (χ2n) is 4.95. The van der Waals surface area contributed by atoms with Crippen LogP contribution in [0.1, 0.15) is 10.4 Å². The van der Waals surface area contributed by atoms with Gasteiger partial charge in [-0.2, -0.15) is 5.10 Å². The van der Waals surface area contributed by atoms with Crippen molar-refractivity contribution in [3.8, 4) is 11.1 Å². The van der Waals surface area contributed by atoms with Gasteiger partial charge in [0, 0.05) is 37.1 Å². The largest absolute Gasteiger partial charge is 0.377 e. The summed E-state index contributed by atoms with van der Waals surface area (Å²) in [6.45, 7) is 0. The lowest BCUT2D eigenvalue weighted by Gasteiger charge is -2.17. The first-order valence-electron chi connectivity index (χ1n) is 6.48. The highest BCUT2D eigenvalue weighted by Gasteiger charge is 2.14. The van der Waals surface area contributed by atoms with E-state index in [1.54, 1.807) is 10.6 Å². The highest BCUT2D eigenvalue weighted by atomic mass is 16.1. The number of aromatic nitrogens is 3. The molecule has 1 amide bonds. The zero-order chi connectivity index (χ0) is 15.0. The van der Waals surface area contributed by atoms with Crippen molar-refractivity contribution in [2.45, 2.75) is 0 Å². The van der Waals surface area contributed by atoms with Crippen molar-refractivity contribution in [2.75, 3.05) is 19.0 Å². The molecule has 0 aliphatic rings. The molecule has 3 rings (SSSR count). The predicted octanol–water partition coefficient (Wildman–Crippen LogP) is 1.56. The summed E-state index contributed by atoms with van der Waals surface area (Å²) in [5.74, 6) is -0.516. The molecule has 2 heterocycles. The van der Waals surface area contributed by atoms with Crippen molar-refractivity contribution >= 4 is 17.2 Å². The van der Waals surface area contributed by atoms with E-state index in [0.29, 0.717) is 11.2 Å². The van der Waals surface area contributed by atoms with Crippen molar-refractivity contribution in [2.24, 2.45) is 5.73 Å². The number of anilines is 1. The molecular formula is C15H15N5O. The lowest BCUT2D eigenvalue weighted by atomic mass is 10.0. The molecule has 0 atom stereocenters. The van der Waals surface area contributed by atoms with Crippen LogP contribution >= 0.6 is 0 Å². The molecule has 0 unspecified atom stereocenters. The van der Waals surface area contributed by atoms with Crippen molar-refractivity contribution in [1.29, 1.82) is 0 Å². The third kappa shape index (κ3) is 2.20. The van der Waals surface area contributed by atoms with Gasteiger partial charge in [0.05, 0.1) is 5.56 Å².